The Bertz CT molecular complexity index is 505. The summed E-state index contributed by atoms with van der Waals surface area (Å²) < 4.78 is 6.12. The maximum atomic E-state index is 6.51. The fourth-order valence-corrected chi connectivity index (χ4v) is 5.23. The highest BCUT2D eigenvalue weighted by molar-refractivity contribution is 7.99. The van der Waals surface area contributed by atoms with Gasteiger partial charge in [-0.25, -0.2) is 0 Å². The van der Waals surface area contributed by atoms with Crippen LogP contribution in [0.3, 0.4) is 0 Å². The number of aryl methyl sites for hydroxylation is 1. The van der Waals surface area contributed by atoms with Gasteiger partial charge in [0.15, 0.2) is 0 Å². The van der Waals surface area contributed by atoms with E-state index in [0.29, 0.717) is 5.92 Å². The van der Waals surface area contributed by atoms with E-state index in [0.717, 1.165) is 47.8 Å². The van der Waals surface area contributed by atoms with Crippen LogP contribution in [0.15, 0.2) is 18.2 Å². The molecule has 0 radical (unpaired) electrons. The maximum Gasteiger partial charge on any atom is 0.0783 e. The monoisotopic (exact) mass is 326 g/mol. The molecule has 3 unspecified atom stereocenters. The van der Waals surface area contributed by atoms with E-state index in [1.165, 1.54) is 5.75 Å². The van der Waals surface area contributed by atoms with E-state index in [9.17, 15) is 0 Å². The Morgan fingerprint density at radius 2 is 2.38 bits per heavy atom. The summed E-state index contributed by atoms with van der Waals surface area (Å²) in [6, 6.07) is 6.29. The van der Waals surface area contributed by atoms with Crippen LogP contribution in [0, 0.1) is 12.8 Å². The molecule has 0 aromatic heterocycles. The zero-order valence-corrected chi connectivity index (χ0v) is 14.0. The Balaban J connectivity index is 1.84. The molecule has 1 aromatic carbocycles. The minimum atomic E-state index is 0.0684. The first kappa shape index (κ1) is 15.6. The van der Waals surface area contributed by atoms with Crippen molar-refractivity contribution in [3.8, 4) is 0 Å². The SMILES string of the molecule is Cc1cccc(C(NN)C2CCOC3(CCSC3)C2)c1Cl. The van der Waals surface area contributed by atoms with Crippen LogP contribution >= 0.6 is 23.4 Å². The van der Waals surface area contributed by atoms with Gasteiger partial charge in [-0.15, -0.1) is 0 Å². The highest BCUT2D eigenvalue weighted by atomic mass is 35.5. The molecular formula is C16H23ClN2OS. The van der Waals surface area contributed by atoms with Gasteiger partial charge in [-0.05, 0) is 49.0 Å². The average Bonchev–Trinajstić information content (AvgIpc) is 2.92. The lowest BCUT2D eigenvalue weighted by Gasteiger charge is -2.41. The number of hydrazine groups is 1. The molecule has 0 aliphatic carbocycles. The van der Waals surface area contributed by atoms with Crippen molar-refractivity contribution in [3.63, 3.8) is 0 Å². The molecule has 2 saturated heterocycles. The fraction of sp³-hybridized carbons (Fsp3) is 0.625. The number of benzene rings is 1. The van der Waals surface area contributed by atoms with Gasteiger partial charge < -0.3 is 4.74 Å². The second kappa shape index (κ2) is 6.47. The van der Waals surface area contributed by atoms with Gasteiger partial charge in [-0.3, -0.25) is 11.3 Å². The van der Waals surface area contributed by atoms with Gasteiger partial charge in [0.05, 0.1) is 11.6 Å². The van der Waals surface area contributed by atoms with Crippen LogP contribution in [0.2, 0.25) is 5.02 Å². The highest BCUT2D eigenvalue weighted by Crippen LogP contribution is 2.44. The molecule has 0 saturated carbocycles. The van der Waals surface area contributed by atoms with Gasteiger partial charge in [0, 0.05) is 17.4 Å². The Kier molecular flexibility index (Phi) is 4.81. The molecule has 1 spiro atoms. The lowest BCUT2D eigenvalue weighted by atomic mass is 9.79. The number of nitrogens with two attached hydrogens (primary N) is 1. The highest BCUT2D eigenvalue weighted by Gasteiger charge is 2.42. The van der Waals surface area contributed by atoms with E-state index in [1.54, 1.807) is 0 Å². The van der Waals surface area contributed by atoms with Crippen molar-refractivity contribution in [2.75, 3.05) is 18.1 Å². The third-order valence-electron chi connectivity index (χ3n) is 4.81. The number of thioether (sulfide) groups is 1. The van der Waals surface area contributed by atoms with Crippen molar-refractivity contribution < 1.29 is 4.74 Å². The van der Waals surface area contributed by atoms with Crippen LogP contribution in [0.4, 0.5) is 0 Å². The molecule has 21 heavy (non-hydrogen) atoms. The Morgan fingerprint density at radius 1 is 1.52 bits per heavy atom. The predicted molar refractivity (Wildman–Crippen MR) is 89.6 cm³/mol. The summed E-state index contributed by atoms with van der Waals surface area (Å²) in [5.41, 5.74) is 5.31. The van der Waals surface area contributed by atoms with Gasteiger partial charge in [0.25, 0.3) is 0 Å². The standard InChI is InChI=1S/C16H23ClN2OS/c1-11-3-2-4-13(14(11)17)15(19-18)12-5-7-20-16(9-12)6-8-21-10-16/h2-4,12,15,19H,5-10,18H2,1H3. The second-order valence-electron chi connectivity index (χ2n) is 6.21. The first-order valence-corrected chi connectivity index (χ1v) is 9.11. The van der Waals surface area contributed by atoms with Gasteiger partial charge >= 0.3 is 0 Å². The summed E-state index contributed by atoms with van der Waals surface area (Å²) >= 11 is 8.51. The van der Waals surface area contributed by atoms with Crippen LogP contribution in [0.1, 0.15) is 36.4 Å². The predicted octanol–water partition coefficient (Wildman–Crippen LogP) is 3.46. The van der Waals surface area contributed by atoms with Gasteiger partial charge in [0.1, 0.15) is 0 Å². The van der Waals surface area contributed by atoms with E-state index in [4.69, 9.17) is 22.2 Å². The molecule has 3 nitrogen and oxygen atoms in total. The maximum absolute atomic E-state index is 6.51. The fourth-order valence-electron chi connectivity index (χ4n) is 3.60. The number of nitrogens with one attached hydrogen (secondary N) is 1. The number of rotatable bonds is 3. The van der Waals surface area contributed by atoms with Gasteiger partial charge in [-0.1, -0.05) is 29.8 Å². The summed E-state index contributed by atoms with van der Waals surface area (Å²) in [5, 5.41) is 0.835. The van der Waals surface area contributed by atoms with Crippen LogP contribution in [-0.4, -0.2) is 23.7 Å². The lowest BCUT2D eigenvalue weighted by Crippen LogP contribution is -2.45. The quantitative estimate of drug-likeness (QED) is 0.659. The second-order valence-corrected chi connectivity index (χ2v) is 7.69. The average molecular weight is 327 g/mol. The Morgan fingerprint density at radius 3 is 3.10 bits per heavy atom. The molecule has 3 atom stereocenters. The molecular weight excluding hydrogens is 304 g/mol. The van der Waals surface area contributed by atoms with Crippen molar-refractivity contribution in [1.29, 1.82) is 0 Å². The van der Waals surface area contributed by atoms with Crippen LogP contribution in [-0.2, 0) is 4.74 Å². The number of halogens is 1. The molecule has 2 heterocycles. The van der Waals surface area contributed by atoms with Crippen molar-refractivity contribution in [2.24, 2.45) is 11.8 Å². The van der Waals surface area contributed by atoms with Crippen molar-refractivity contribution >= 4 is 23.4 Å². The summed E-state index contributed by atoms with van der Waals surface area (Å²) in [5.74, 6) is 8.68. The topological polar surface area (TPSA) is 47.3 Å². The van der Waals surface area contributed by atoms with Crippen LogP contribution in [0.25, 0.3) is 0 Å². The molecule has 0 amide bonds. The summed E-state index contributed by atoms with van der Waals surface area (Å²) in [4.78, 5) is 0. The number of ether oxygens (including phenoxy) is 1. The minimum absolute atomic E-state index is 0.0684. The van der Waals surface area contributed by atoms with Gasteiger partial charge in [0.2, 0.25) is 0 Å². The Labute approximate surface area is 135 Å². The molecule has 1 aromatic rings. The van der Waals surface area contributed by atoms with Crippen LogP contribution in [0.5, 0.6) is 0 Å². The van der Waals surface area contributed by atoms with E-state index >= 15 is 0 Å². The van der Waals surface area contributed by atoms with Crippen molar-refractivity contribution in [1.82, 2.24) is 5.43 Å². The van der Waals surface area contributed by atoms with Crippen molar-refractivity contribution in [2.45, 2.75) is 37.8 Å². The smallest absolute Gasteiger partial charge is 0.0783 e. The molecule has 2 aliphatic heterocycles. The lowest BCUT2D eigenvalue weighted by molar-refractivity contribution is -0.0854. The third kappa shape index (κ3) is 3.10. The van der Waals surface area contributed by atoms with E-state index in [-0.39, 0.29) is 11.6 Å². The van der Waals surface area contributed by atoms with E-state index < -0.39 is 0 Å². The third-order valence-corrected chi connectivity index (χ3v) is 6.55. The molecule has 116 valence electrons. The molecule has 2 fully saturated rings. The minimum Gasteiger partial charge on any atom is -0.374 e. The van der Waals surface area contributed by atoms with E-state index in [1.807, 2.05) is 24.8 Å². The van der Waals surface area contributed by atoms with Crippen LogP contribution < -0.4 is 11.3 Å². The summed E-state index contributed by atoms with van der Waals surface area (Å²) in [7, 11) is 0. The summed E-state index contributed by atoms with van der Waals surface area (Å²) in [6.45, 7) is 2.87. The number of hydrogen-bond donors (Lipinski definition) is 2. The zero-order valence-electron chi connectivity index (χ0n) is 12.4. The van der Waals surface area contributed by atoms with E-state index in [2.05, 4.69) is 17.6 Å². The zero-order chi connectivity index (χ0) is 14.9. The largest absolute Gasteiger partial charge is 0.374 e. The molecule has 2 aliphatic rings. The molecule has 3 N–H and O–H groups in total. The normalized spacial score (nSPS) is 30.7. The molecule has 3 rings (SSSR count). The number of hydrogen-bond acceptors (Lipinski definition) is 4. The molecule has 5 heteroatoms. The van der Waals surface area contributed by atoms with Gasteiger partial charge in [-0.2, -0.15) is 11.8 Å². The Hall–Kier alpha value is -0.260. The first-order chi connectivity index (χ1) is 10.2. The molecule has 0 bridgehead atoms. The summed E-state index contributed by atoms with van der Waals surface area (Å²) in [6.07, 6.45) is 3.26. The van der Waals surface area contributed by atoms with Crippen molar-refractivity contribution in [3.05, 3.63) is 34.3 Å². The first-order valence-electron chi connectivity index (χ1n) is 7.58.